The van der Waals surface area contributed by atoms with Crippen molar-refractivity contribution in [3.63, 3.8) is 0 Å². The molecular weight excluding hydrogens is 164 g/mol. The maximum atomic E-state index is 9.06. The highest BCUT2D eigenvalue weighted by Gasteiger charge is 2.44. The van der Waals surface area contributed by atoms with E-state index in [1.165, 1.54) is 19.3 Å². The summed E-state index contributed by atoms with van der Waals surface area (Å²) in [6, 6.07) is 1.06. The Balaban J connectivity index is 2.27. The molecule has 0 aromatic heterocycles. The van der Waals surface area contributed by atoms with Gasteiger partial charge in [0.05, 0.1) is 0 Å². The molecule has 0 radical (unpaired) electrons. The molecule has 2 aliphatic rings. The summed E-state index contributed by atoms with van der Waals surface area (Å²) < 4.78 is 0. The molecule has 1 nitrogen and oxygen atoms in total. The lowest BCUT2D eigenvalue weighted by molar-refractivity contribution is 0.424. The molecule has 1 fully saturated rings. The van der Waals surface area contributed by atoms with Crippen LogP contribution in [0.3, 0.4) is 0 Å². The Bertz CT molecular complexity index is 234. The largest absolute Gasteiger partial charge is 0.438 e. The number of hydrogen-bond donors (Lipinski definition) is 1. The Labute approximate surface area is 76.8 Å². The highest BCUT2D eigenvalue weighted by molar-refractivity contribution is 6.26. The van der Waals surface area contributed by atoms with E-state index in [4.69, 9.17) is 4.80 Å². The monoisotopic (exact) mass is 182 g/mol. The van der Waals surface area contributed by atoms with Crippen LogP contribution in [-0.4, -0.2) is 14.6 Å². The van der Waals surface area contributed by atoms with Gasteiger partial charge in [0.2, 0.25) is 0 Å². The zero-order valence-corrected chi connectivity index (χ0v) is 9.47. The molecule has 2 bridgehead atoms. The third kappa shape index (κ3) is 1.01. The number of allylic oxidation sites excluding steroid dienone is 2. The van der Waals surface area contributed by atoms with Gasteiger partial charge in [-0.25, -0.2) is 0 Å². The van der Waals surface area contributed by atoms with Crippen molar-refractivity contribution in [1.82, 2.24) is 0 Å². The van der Waals surface area contributed by atoms with E-state index in [0.29, 0.717) is 5.41 Å². The Morgan fingerprint density at radius 2 is 2.42 bits per heavy atom. The average molecular weight is 182 g/mol. The first kappa shape index (κ1) is 8.51. The van der Waals surface area contributed by atoms with Crippen LogP contribution in [0.1, 0.15) is 33.1 Å². The highest BCUT2D eigenvalue weighted by Crippen LogP contribution is 2.57. The third-order valence-electron chi connectivity index (χ3n) is 4.00. The van der Waals surface area contributed by atoms with Gasteiger partial charge in [0.25, 0.3) is 0 Å². The van der Waals surface area contributed by atoms with Crippen LogP contribution in [0.25, 0.3) is 0 Å². The standard InChI is InChI=1S/C10H18OSi/c1-7-9(6-12-11)8-3-4-10(7,2)5-8/h8,11H,3-6,12H2,1-2H3. The van der Waals surface area contributed by atoms with Crippen molar-refractivity contribution in [3.8, 4) is 0 Å². The minimum Gasteiger partial charge on any atom is -0.438 e. The molecule has 0 spiro atoms. The fourth-order valence-corrected chi connectivity index (χ4v) is 4.11. The van der Waals surface area contributed by atoms with Crippen molar-refractivity contribution >= 4 is 9.76 Å². The van der Waals surface area contributed by atoms with Gasteiger partial charge >= 0.3 is 0 Å². The molecule has 0 saturated heterocycles. The van der Waals surface area contributed by atoms with Crippen molar-refractivity contribution in [3.05, 3.63) is 11.1 Å². The summed E-state index contributed by atoms with van der Waals surface area (Å²) in [5, 5.41) is 0. The van der Waals surface area contributed by atoms with Crippen LogP contribution in [0.2, 0.25) is 6.04 Å². The van der Waals surface area contributed by atoms with Crippen LogP contribution in [0.15, 0.2) is 11.1 Å². The third-order valence-corrected chi connectivity index (χ3v) is 4.76. The summed E-state index contributed by atoms with van der Waals surface area (Å²) >= 11 is 0. The van der Waals surface area contributed by atoms with Gasteiger partial charge in [-0.2, -0.15) is 0 Å². The summed E-state index contributed by atoms with van der Waals surface area (Å²) in [4.78, 5) is 9.06. The van der Waals surface area contributed by atoms with Gasteiger partial charge in [-0.05, 0) is 43.6 Å². The quantitative estimate of drug-likeness (QED) is 0.508. The lowest BCUT2D eigenvalue weighted by Gasteiger charge is -2.24. The van der Waals surface area contributed by atoms with Gasteiger partial charge < -0.3 is 4.80 Å². The van der Waals surface area contributed by atoms with Crippen molar-refractivity contribution in [1.29, 1.82) is 0 Å². The predicted molar refractivity (Wildman–Crippen MR) is 53.7 cm³/mol. The summed E-state index contributed by atoms with van der Waals surface area (Å²) in [7, 11) is -0.752. The second-order valence-corrected chi connectivity index (χ2v) is 5.57. The molecule has 12 heavy (non-hydrogen) atoms. The Kier molecular flexibility index (Phi) is 1.92. The molecule has 0 aromatic rings. The average Bonchev–Trinajstić information content (AvgIpc) is 2.51. The maximum absolute atomic E-state index is 9.06. The Morgan fingerprint density at radius 1 is 1.67 bits per heavy atom. The van der Waals surface area contributed by atoms with E-state index < -0.39 is 9.76 Å². The number of rotatable bonds is 2. The molecule has 68 valence electrons. The van der Waals surface area contributed by atoms with Gasteiger partial charge in [0.1, 0.15) is 0 Å². The fraction of sp³-hybridized carbons (Fsp3) is 0.800. The number of hydrogen-bond acceptors (Lipinski definition) is 1. The first-order valence-electron chi connectivity index (χ1n) is 4.98. The van der Waals surface area contributed by atoms with Crippen molar-refractivity contribution in [2.75, 3.05) is 0 Å². The second-order valence-electron chi connectivity index (χ2n) is 4.62. The van der Waals surface area contributed by atoms with Crippen molar-refractivity contribution in [2.24, 2.45) is 11.3 Å². The summed E-state index contributed by atoms with van der Waals surface area (Å²) in [6.07, 6.45) is 4.15. The van der Waals surface area contributed by atoms with E-state index in [9.17, 15) is 0 Å². The minimum atomic E-state index is -0.752. The molecular formula is C10H18OSi. The van der Waals surface area contributed by atoms with E-state index in [2.05, 4.69) is 13.8 Å². The van der Waals surface area contributed by atoms with E-state index >= 15 is 0 Å². The minimum absolute atomic E-state index is 0.531. The molecule has 0 aromatic carbocycles. The highest BCUT2D eigenvalue weighted by atomic mass is 28.2. The smallest absolute Gasteiger partial charge is 0.160 e. The first-order chi connectivity index (χ1) is 5.67. The molecule has 0 aliphatic heterocycles. The van der Waals surface area contributed by atoms with Crippen LogP contribution >= 0.6 is 0 Å². The van der Waals surface area contributed by atoms with E-state index in [0.717, 1.165) is 12.0 Å². The fourth-order valence-electron chi connectivity index (χ4n) is 3.08. The van der Waals surface area contributed by atoms with Crippen molar-refractivity contribution < 1.29 is 4.80 Å². The van der Waals surface area contributed by atoms with Gasteiger partial charge in [0.15, 0.2) is 9.76 Å². The summed E-state index contributed by atoms with van der Waals surface area (Å²) in [5.41, 5.74) is 3.79. The molecule has 0 amide bonds. The maximum Gasteiger partial charge on any atom is 0.160 e. The molecule has 2 aliphatic carbocycles. The van der Waals surface area contributed by atoms with E-state index in [-0.39, 0.29) is 0 Å². The SMILES string of the molecule is CC1=C(C[SiH2]O)C2CCC1(C)C2. The molecule has 2 atom stereocenters. The number of fused-ring (bicyclic) bond motifs is 2. The molecule has 2 rings (SSSR count). The summed E-state index contributed by atoms with van der Waals surface area (Å²) in [6.45, 7) is 4.69. The van der Waals surface area contributed by atoms with Crippen LogP contribution in [0, 0.1) is 11.3 Å². The zero-order valence-electron chi connectivity index (χ0n) is 8.06. The van der Waals surface area contributed by atoms with Crippen LogP contribution in [0.4, 0.5) is 0 Å². The topological polar surface area (TPSA) is 20.2 Å². The molecule has 2 unspecified atom stereocenters. The molecule has 1 saturated carbocycles. The van der Waals surface area contributed by atoms with Crippen LogP contribution in [-0.2, 0) is 0 Å². The van der Waals surface area contributed by atoms with Crippen molar-refractivity contribution in [2.45, 2.75) is 39.2 Å². The van der Waals surface area contributed by atoms with Gasteiger partial charge in [-0.3, -0.25) is 0 Å². The Hall–Kier alpha value is -0.0831. The van der Waals surface area contributed by atoms with Crippen LogP contribution < -0.4 is 0 Å². The van der Waals surface area contributed by atoms with Gasteiger partial charge in [0, 0.05) is 0 Å². The second kappa shape index (κ2) is 2.71. The zero-order chi connectivity index (χ0) is 8.77. The van der Waals surface area contributed by atoms with Gasteiger partial charge in [-0.1, -0.05) is 18.1 Å². The first-order valence-corrected chi connectivity index (χ1v) is 6.61. The Morgan fingerprint density at radius 3 is 2.92 bits per heavy atom. The lowest BCUT2D eigenvalue weighted by Crippen LogP contribution is -2.12. The molecule has 1 N–H and O–H groups in total. The van der Waals surface area contributed by atoms with E-state index in [1.54, 1.807) is 11.1 Å². The molecule has 0 heterocycles. The lowest BCUT2D eigenvalue weighted by atomic mass is 9.82. The molecule has 2 heteroatoms. The van der Waals surface area contributed by atoms with E-state index in [1.807, 2.05) is 0 Å². The van der Waals surface area contributed by atoms with Crippen LogP contribution in [0.5, 0.6) is 0 Å². The van der Waals surface area contributed by atoms with Gasteiger partial charge in [-0.15, -0.1) is 0 Å². The predicted octanol–water partition coefficient (Wildman–Crippen LogP) is 1.62. The normalized spacial score (nSPS) is 40.8. The summed E-state index contributed by atoms with van der Waals surface area (Å²) in [5.74, 6) is 0.856.